The van der Waals surface area contributed by atoms with Crippen LogP contribution >= 0.6 is 0 Å². The second-order valence-electron chi connectivity index (χ2n) is 7.45. The first-order valence-corrected chi connectivity index (χ1v) is 10.9. The van der Waals surface area contributed by atoms with Crippen LogP contribution in [0.2, 0.25) is 0 Å². The number of benzene rings is 1. The van der Waals surface area contributed by atoms with E-state index in [1.54, 1.807) is 19.1 Å². The molecule has 0 spiro atoms. The second-order valence-corrected chi connectivity index (χ2v) is 7.45. The van der Waals surface area contributed by atoms with E-state index >= 15 is 0 Å². The summed E-state index contributed by atoms with van der Waals surface area (Å²) in [6.07, 6.45) is 7.17. The third-order valence-corrected chi connectivity index (χ3v) is 5.28. The maximum absolute atomic E-state index is 11.7. The van der Waals surface area contributed by atoms with Crippen LogP contribution in [0, 0.1) is 16.7 Å². The topological polar surface area (TPSA) is 68.5 Å². The Morgan fingerprint density at radius 2 is 1.59 bits per heavy atom. The molecule has 0 bridgehead atoms. The van der Waals surface area contributed by atoms with Crippen LogP contribution in [-0.2, 0) is 25.4 Å². The van der Waals surface area contributed by atoms with Crippen molar-refractivity contribution in [2.45, 2.75) is 45.4 Å². The predicted octanol–water partition coefficient (Wildman–Crippen LogP) is 6.03. The van der Waals surface area contributed by atoms with Gasteiger partial charge in [-0.3, -0.25) is 4.79 Å². The minimum absolute atomic E-state index is 0.195. The zero-order valence-corrected chi connectivity index (χ0v) is 19.2. The highest BCUT2D eigenvalue weighted by atomic mass is 16.5. The third-order valence-electron chi connectivity index (χ3n) is 5.28. The van der Waals surface area contributed by atoms with Crippen molar-refractivity contribution in [2.24, 2.45) is 5.41 Å². The van der Waals surface area contributed by atoms with Gasteiger partial charge in [0.05, 0.1) is 23.7 Å². The normalized spacial score (nSPS) is 10.5. The number of carbonyl (C=O) groups excluding carboxylic acids is 1. The molecule has 1 rings (SSSR count). The molecule has 0 radical (unpaired) electrons. The molecule has 5 nitrogen and oxygen atoms in total. The maximum Gasteiger partial charge on any atom is 0.305 e. The maximum atomic E-state index is 11.7. The van der Waals surface area contributed by atoms with Crippen LogP contribution in [0.15, 0.2) is 74.3 Å². The lowest BCUT2D eigenvalue weighted by molar-refractivity contribution is -0.143. The summed E-state index contributed by atoms with van der Waals surface area (Å²) in [6.45, 7) is 18.7. The quantitative estimate of drug-likeness (QED) is 0.129. The minimum Gasteiger partial charge on any atom is -0.493 e. The monoisotopic (exact) mass is 437 g/mol. The second kappa shape index (κ2) is 14.7. The molecule has 5 heteroatoms. The first-order valence-electron chi connectivity index (χ1n) is 10.9. The molecule has 0 amide bonds. The van der Waals surface area contributed by atoms with E-state index < -0.39 is 5.41 Å². The molecule has 0 aliphatic carbocycles. The van der Waals surface area contributed by atoms with E-state index in [0.29, 0.717) is 62.6 Å². The Balaban J connectivity index is 3.08. The minimum atomic E-state index is -0.644. The van der Waals surface area contributed by atoms with E-state index in [-0.39, 0.29) is 5.97 Å². The highest BCUT2D eigenvalue weighted by molar-refractivity contribution is 5.69. The van der Waals surface area contributed by atoms with Gasteiger partial charge < -0.3 is 14.2 Å². The molecule has 0 fully saturated rings. The molecule has 172 valence electrons. The van der Waals surface area contributed by atoms with Crippen LogP contribution in [0.4, 0.5) is 0 Å². The Kier molecular flexibility index (Phi) is 12.3. The molecule has 0 aliphatic rings. The number of ether oxygens (including phenoxy) is 3. The number of esters is 1. The summed E-state index contributed by atoms with van der Waals surface area (Å²) in [5.41, 5.74) is 1.07. The van der Waals surface area contributed by atoms with Crippen LogP contribution in [0.1, 0.15) is 50.2 Å². The van der Waals surface area contributed by atoms with Crippen LogP contribution in [0.25, 0.3) is 0 Å². The van der Waals surface area contributed by atoms with E-state index in [9.17, 15) is 4.79 Å². The summed E-state index contributed by atoms with van der Waals surface area (Å²) in [6, 6.07) is 9.65. The highest BCUT2D eigenvalue weighted by Gasteiger charge is 2.39. The van der Waals surface area contributed by atoms with Crippen molar-refractivity contribution >= 4 is 5.97 Å². The zero-order valence-electron chi connectivity index (χ0n) is 19.2. The zero-order chi connectivity index (χ0) is 23.8. The Morgan fingerprint density at radius 3 is 2.09 bits per heavy atom. The van der Waals surface area contributed by atoms with Gasteiger partial charge in [0, 0.05) is 6.42 Å². The molecule has 1 aromatic rings. The summed E-state index contributed by atoms with van der Waals surface area (Å²) >= 11 is 0. The number of aryl methyl sites for hydroxylation is 1. The Hall–Kier alpha value is -3.26. The number of nitrogens with zero attached hydrogens (tertiary/aromatic N) is 1. The van der Waals surface area contributed by atoms with Gasteiger partial charge in [-0.25, -0.2) is 0 Å². The Morgan fingerprint density at radius 1 is 1.00 bits per heavy atom. The standard InChI is InChI=1S/C27H35NO4/c1-6-19-31-22(4)27(23(5)32-20-7-2,17-10-9-11-26(29)30-8-3)18-16-24-12-14-25(21-28)15-13-24/h6-7,12-15H,1-2,4-5,8-11,16-20H2,3H3. The van der Waals surface area contributed by atoms with E-state index in [2.05, 4.69) is 32.4 Å². The Bertz CT molecular complexity index is 793. The molecular weight excluding hydrogens is 402 g/mol. The van der Waals surface area contributed by atoms with Crippen LogP contribution in [0.5, 0.6) is 0 Å². The molecule has 0 atom stereocenters. The number of hydrogen-bond acceptors (Lipinski definition) is 5. The number of carbonyl (C=O) groups is 1. The molecule has 0 N–H and O–H groups in total. The molecule has 0 aliphatic heterocycles. The van der Waals surface area contributed by atoms with Gasteiger partial charge in [-0.1, -0.05) is 57.0 Å². The summed E-state index contributed by atoms with van der Waals surface area (Å²) < 4.78 is 16.8. The fourth-order valence-electron chi connectivity index (χ4n) is 3.47. The van der Waals surface area contributed by atoms with Crippen molar-refractivity contribution in [1.82, 2.24) is 0 Å². The average molecular weight is 438 g/mol. The summed E-state index contributed by atoms with van der Waals surface area (Å²) in [7, 11) is 0. The predicted molar refractivity (Wildman–Crippen MR) is 128 cm³/mol. The first kappa shape index (κ1) is 26.8. The average Bonchev–Trinajstić information content (AvgIpc) is 2.81. The first-order chi connectivity index (χ1) is 15.4. The summed E-state index contributed by atoms with van der Waals surface area (Å²) in [5.74, 6) is 0.937. The van der Waals surface area contributed by atoms with Gasteiger partial charge in [0.25, 0.3) is 0 Å². The molecular formula is C27H35NO4. The van der Waals surface area contributed by atoms with Gasteiger partial charge >= 0.3 is 5.97 Å². The van der Waals surface area contributed by atoms with Crippen molar-refractivity contribution in [3.8, 4) is 6.07 Å². The fraction of sp³-hybridized carbons (Fsp3) is 0.407. The lowest BCUT2D eigenvalue weighted by Crippen LogP contribution is -2.29. The van der Waals surface area contributed by atoms with Gasteiger partial charge in [0.2, 0.25) is 0 Å². The number of rotatable bonds is 17. The lowest BCUT2D eigenvalue weighted by Gasteiger charge is -2.36. The van der Waals surface area contributed by atoms with Crippen molar-refractivity contribution in [3.63, 3.8) is 0 Å². The van der Waals surface area contributed by atoms with Gasteiger partial charge in [-0.2, -0.15) is 5.26 Å². The van der Waals surface area contributed by atoms with Crippen LogP contribution in [-0.4, -0.2) is 25.8 Å². The van der Waals surface area contributed by atoms with E-state index in [1.807, 2.05) is 24.3 Å². The summed E-state index contributed by atoms with van der Waals surface area (Å²) in [4.78, 5) is 11.7. The third kappa shape index (κ3) is 8.47. The fourth-order valence-corrected chi connectivity index (χ4v) is 3.47. The molecule has 1 aromatic carbocycles. The van der Waals surface area contributed by atoms with Crippen molar-refractivity contribution < 1.29 is 19.0 Å². The highest BCUT2D eigenvalue weighted by Crippen LogP contribution is 2.44. The number of nitriles is 1. The van der Waals surface area contributed by atoms with Gasteiger partial charge in [0.1, 0.15) is 24.7 Å². The molecule has 0 aromatic heterocycles. The molecule has 32 heavy (non-hydrogen) atoms. The van der Waals surface area contributed by atoms with Crippen molar-refractivity contribution in [1.29, 1.82) is 5.26 Å². The van der Waals surface area contributed by atoms with Gasteiger partial charge in [-0.15, -0.1) is 0 Å². The van der Waals surface area contributed by atoms with E-state index in [4.69, 9.17) is 19.5 Å². The SMILES string of the molecule is C=CCOC(=C)C(CCCCC(=O)OCC)(CCc1ccc(C#N)cc1)C(=C)OCC=C. The van der Waals surface area contributed by atoms with E-state index in [1.165, 1.54) is 0 Å². The lowest BCUT2D eigenvalue weighted by atomic mass is 9.74. The van der Waals surface area contributed by atoms with Crippen LogP contribution in [0.3, 0.4) is 0 Å². The number of hydrogen-bond donors (Lipinski definition) is 0. The largest absolute Gasteiger partial charge is 0.493 e. The molecule has 0 saturated heterocycles. The molecule has 0 heterocycles. The summed E-state index contributed by atoms with van der Waals surface area (Å²) in [5, 5.41) is 9.04. The Labute approximate surface area is 192 Å². The number of unbranched alkanes of at least 4 members (excludes halogenated alkanes) is 1. The molecule has 0 saturated carbocycles. The van der Waals surface area contributed by atoms with Gasteiger partial charge in [-0.05, 0) is 50.3 Å². The van der Waals surface area contributed by atoms with Gasteiger partial charge in [0.15, 0.2) is 0 Å². The molecule has 0 unspecified atom stereocenters. The van der Waals surface area contributed by atoms with Crippen molar-refractivity contribution in [3.05, 3.63) is 85.4 Å². The van der Waals surface area contributed by atoms with E-state index in [0.717, 1.165) is 18.4 Å². The van der Waals surface area contributed by atoms with Crippen LogP contribution < -0.4 is 0 Å². The van der Waals surface area contributed by atoms with Crippen molar-refractivity contribution in [2.75, 3.05) is 19.8 Å². The smallest absolute Gasteiger partial charge is 0.305 e.